The van der Waals surface area contributed by atoms with Crippen molar-refractivity contribution in [2.24, 2.45) is 5.92 Å². The lowest BCUT2D eigenvalue weighted by atomic mass is 9.76. The Morgan fingerprint density at radius 1 is 0.933 bits per heavy atom. The van der Waals surface area contributed by atoms with Gasteiger partial charge < -0.3 is 4.74 Å². The van der Waals surface area contributed by atoms with Gasteiger partial charge in [-0.25, -0.2) is 13.2 Å². The van der Waals surface area contributed by atoms with Crippen LogP contribution in [-0.4, -0.2) is 6.61 Å². The van der Waals surface area contributed by atoms with E-state index in [2.05, 4.69) is 6.92 Å². The molecule has 0 heterocycles. The number of hydrogen-bond acceptors (Lipinski definition) is 1. The van der Waals surface area contributed by atoms with Crippen LogP contribution in [0, 0.1) is 30.3 Å². The van der Waals surface area contributed by atoms with Gasteiger partial charge in [0, 0.05) is 6.07 Å². The quantitative estimate of drug-likeness (QED) is 0.376. The number of halogens is 3. The number of ether oxygens (including phenoxy) is 1. The second-order valence-electron chi connectivity index (χ2n) is 8.66. The Morgan fingerprint density at radius 3 is 2.40 bits per heavy atom. The monoisotopic (exact) mass is 418 g/mol. The van der Waals surface area contributed by atoms with Gasteiger partial charge >= 0.3 is 0 Å². The van der Waals surface area contributed by atoms with E-state index in [1.807, 2.05) is 12.1 Å². The summed E-state index contributed by atoms with van der Waals surface area (Å²) in [4.78, 5) is 0. The molecule has 164 valence electrons. The zero-order chi connectivity index (χ0) is 21.5. The van der Waals surface area contributed by atoms with Crippen molar-refractivity contribution < 1.29 is 17.9 Å². The molecule has 0 N–H and O–H groups in total. The van der Waals surface area contributed by atoms with Crippen LogP contribution in [0.15, 0.2) is 30.3 Å². The third kappa shape index (κ3) is 5.80. The minimum Gasteiger partial charge on any atom is -0.493 e. The van der Waals surface area contributed by atoms with E-state index in [4.69, 9.17) is 4.74 Å². The summed E-state index contributed by atoms with van der Waals surface area (Å²) >= 11 is 0. The molecule has 0 saturated heterocycles. The molecule has 0 amide bonds. The highest BCUT2D eigenvalue weighted by atomic mass is 19.2. The van der Waals surface area contributed by atoms with Crippen LogP contribution in [0.3, 0.4) is 0 Å². The average molecular weight is 419 g/mol. The van der Waals surface area contributed by atoms with Gasteiger partial charge in [-0.3, -0.25) is 0 Å². The van der Waals surface area contributed by atoms with Crippen molar-refractivity contribution in [1.82, 2.24) is 0 Å². The van der Waals surface area contributed by atoms with E-state index in [-0.39, 0.29) is 11.7 Å². The summed E-state index contributed by atoms with van der Waals surface area (Å²) in [6.07, 6.45) is 8.50. The summed E-state index contributed by atoms with van der Waals surface area (Å²) in [6.45, 7) is 4.35. The van der Waals surface area contributed by atoms with Gasteiger partial charge in [0.15, 0.2) is 11.6 Å². The topological polar surface area (TPSA) is 9.23 Å². The van der Waals surface area contributed by atoms with Crippen LogP contribution in [0.5, 0.6) is 5.75 Å². The molecule has 1 fully saturated rings. The Morgan fingerprint density at radius 2 is 1.70 bits per heavy atom. The van der Waals surface area contributed by atoms with Gasteiger partial charge in [0.25, 0.3) is 0 Å². The lowest BCUT2D eigenvalue weighted by Gasteiger charge is -2.29. The second-order valence-corrected chi connectivity index (χ2v) is 8.66. The van der Waals surface area contributed by atoms with E-state index in [0.29, 0.717) is 35.8 Å². The zero-order valence-electron chi connectivity index (χ0n) is 18.2. The van der Waals surface area contributed by atoms with Gasteiger partial charge in [-0.05, 0) is 86.5 Å². The lowest BCUT2D eigenvalue weighted by molar-refractivity contribution is 0.298. The fraction of sp³-hybridized carbons (Fsp3) is 0.538. The molecule has 0 atom stereocenters. The molecule has 4 heteroatoms. The first kappa shape index (κ1) is 22.7. The number of rotatable bonds is 9. The summed E-state index contributed by atoms with van der Waals surface area (Å²) in [5, 5.41) is 0. The van der Waals surface area contributed by atoms with E-state index >= 15 is 0 Å². The molecule has 2 aromatic carbocycles. The standard InChI is InChI=1S/C26H33F3O/c1-3-4-5-16-30-22-14-15-23(24(27)17-22)20-11-7-19(8-12-20)9-13-21-10-6-18(2)25(28)26(21)29/h6,10,14-15,17,19-20H,3-5,7-9,11-13,16H2,1-2H3. The molecule has 0 aromatic heterocycles. The highest BCUT2D eigenvalue weighted by molar-refractivity contribution is 5.31. The van der Waals surface area contributed by atoms with E-state index < -0.39 is 11.6 Å². The number of hydrogen-bond donors (Lipinski definition) is 0. The Kier molecular flexibility index (Phi) is 8.24. The SMILES string of the molecule is CCCCCOc1ccc(C2CCC(CCc3ccc(C)c(F)c3F)CC2)c(F)c1. The van der Waals surface area contributed by atoms with Crippen LogP contribution < -0.4 is 4.74 Å². The first-order valence-electron chi connectivity index (χ1n) is 11.3. The maximum atomic E-state index is 14.6. The minimum atomic E-state index is -0.732. The molecule has 0 radical (unpaired) electrons. The smallest absolute Gasteiger partial charge is 0.162 e. The predicted molar refractivity (Wildman–Crippen MR) is 116 cm³/mol. The van der Waals surface area contributed by atoms with Crippen LogP contribution in [0.25, 0.3) is 0 Å². The fourth-order valence-corrected chi connectivity index (χ4v) is 4.47. The van der Waals surface area contributed by atoms with Gasteiger partial charge in [0.1, 0.15) is 11.6 Å². The molecular formula is C26H33F3O. The molecule has 0 bridgehead atoms. The first-order valence-corrected chi connectivity index (χ1v) is 11.3. The molecular weight excluding hydrogens is 385 g/mol. The van der Waals surface area contributed by atoms with Crippen LogP contribution in [0.4, 0.5) is 13.2 Å². The van der Waals surface area contributed by atoms with Crippen LogP contribution in [0.2, 0.25) is 0 Å². The molecule has 30 heavy (non-hydrogen) atoms. The predicted octanol–water partition coefficient (Wildman–Crippen LogP) is 7.89. The maximum absolute atomic E-state index is 14.6. The van der Waals surface area contributed by atoms with Crippen molar-refractivity contribution >= 4 is 0 Å². The number of benzene rings is 2. The van der Waals surface area contributed by atoms with Crippen LogP contribution >= 0.6 is 0 Å². The summed E-state index contributed by atoms with van der Waals surface area (Å²) in [5.41, 5.74) is 1.58. The number of aryl methyl sites for hydroxylation is 2. The highest BCUT2D eigenvalue weighted by Crippen LogP contribution is 2.39. The highest BCUT2D eigenvalue weighted by Gasteiger charge is 2.25. The normalized spacial score (nSPS) is 19.1. The zero-order valence-corrected chi connectivity index (χ0v) is 18.2. The Labute approximate surface area is 178 Å². The van der Waals surface area contributed by atoms with Gasteiger partial charge in [-0.1, -0.05) is 38.0 Å². The lowest BCUT2D eigenvalue weighted by Crippen LogP contribution is -2.15. The summed E-state index contributed by atoms with van der Waals surface area (Å²) in [6, 6.07) is 8.61. The Hall–Kier alpha value is -1.97. The molecule has 0 unspecified atom stereocenters. The van der Waals surface area contributed by atoms with Crippen molar-refractivity contribution in [3.8, 4) is 5.75 Å². The summed E-state index contributed by atoms with van der Waals surface area (Å²) in [5.74, 6) is -0.303. The van der Waals surface area contributed by atoms with Gasteiger partial charge in [-0.15, -0.1) is 0 Å². The van der Waals surface area contributed by atoms with Gasteiger partial charge in [-0.2, -0.15) is 0 Å². The Bertz CT molecular complexity index is 825. The molecule has 1 saturated carbocycles. The third-order valence-corrected chi connectivity index (χ3v) is 6.45. The van der Waals surface area contributed by atoms with E-state index in [0.717, 1.165) is 56.9 Å². The summed E-state index contributed by atoms with van der Waals surface area (Å²) < 4.78 is 48.1. The third-order valence-electron chi connectivity index (χ3n) is 6.45. The van der Waals surface area contributed by atoms with Crippen molar-refractivity contribution in [3.63, 3.8) is 0 Å². The van der Waals surface area contributed by atoms with Crippen LogP contribution in [-0.2, 0) is 6.42 Å². The van der Waals surface area contributed by atoms with E-state index in [1.165, 1.54) is 6.07 Å². The number of unbranched alkanes of at least 4 members (excludes halogenated alkanes) is 2. The van der Waals surface area contributed by atoms with Crippen molar-refractivity contribution in [2.45, 2.75) is 77.6 Å². The largest absolute Gasteiger partial charge is 0.493 e. The fourth-order valence-electron chi connectivity index (χ4n) is 4.47. The second kappa shape index (κ2) is 10.9. The van der Waals surface area contributed by atoms with Gasteiger partial charge in [0.05, 0.1) is 6.61 Å². The maximum Gasteiger partial charge on any atom is 0.162 e. The van der Waals surface area contributed by atoms with Crippen LogP contribution in [0.1, 0.15) is 80.9 Å². The molecule has 3 rings (SSSR count). The molecule has 1 aliphatic carbocycles. The first-order chi connectivity index (χ1) is 14.5. The molecule has 1 nitrogen and oxygen atoms in total. The molecule has 0 spiro atoms. The Balaban J connectivity index is 1.49. The van der Waals surface area contributed by atoms with Gasteiger partial charge in [0.2, 0.25) is 0 Å². The minimum absolute atomic E-state index is 0.177. The van der Waals surface area contributed by atoms with Crippen molar-refractivity contribution in [2.75, 3.05) is 6.61 Å². The molecule has 0 aliphatic heterocycles. The van der Waals surface area contributed by atoms with Crippen molar-refractivity contribution in [3.05, 3.63) is 64.5 Å². The van der Waals surface area contributed by atoms with E-state index in [9.17, 15) is 13.2 Å². The summed E-state index contributed by atoms with van der Waals surface area (Å²) in [7, 11) is 0. The van der Waals surface area contributed by atoms with E-state index in [1.54, 1.807) is 19.1 Å². The molecule has 2 aromatic rings. The van der Waals surface area contributed by atoms with Crippen molar-refractivity contribution in [1.29, 1.82) is 0 Å². The molecule has 1 aliphatic rings. The average Bonchev–Trinajstić information content (AvgIpc) is 2.75.